The molecule has 1 aromatic carbocycles. The van der Waals surface area contributed by atoms with Crippen molar-refractivity contribution in [3.05, 3.63) is 35.9 Å². The molecule has 0 aliphatic carbocycles. The maximum atomic E-state index is 12.0. The monoisotopic (exact) mass is 278 g/mol. The standard InChI is InChI=1S/C15H22N2O3/c1-4-17(11-15(19)20-3)10-14(18)16-12(2)13-8-6-5-7-9-13/h5-9,12H,4,10-11H2,1-3H3,(H,16,18). The SMILES string of the molecule is CCN(CC(=O)NC(C)c1ccccc1)CC(=O)OC. The molecule has 1 rings (SSSR count). The summed E-state index contributed by atoms with van der Waals surface area (Å²) in [5, 5.41) is 2.92. The molecule has 110 valence electrons. The number of hydrogen-bond donors (Lipinski definition) is 1. The summed E-state index contributed by atoms with van der Waals surface area (Å²) < 4.78 is 4.60. The Labute approximate surface area is 119 Å². The fourth-order valence-electron chi connectivity index (χ4n) is 1.84. The molecule has 0 spiro atoms. The highest BCUT2D eigenvalue weighted by Crippen LogP contribution is 2.10. The fraction of sp³-hybridized carbons (Fsp3) is 0.467. The molecule has 0 fully saturated rings. The Morgan fingerprint density at radius 3 is 2.45 bits per heavy atom. The smallest absolute Gasteiger partial charge is 0.319 e. The van der Waals surface area contributed by atoms with Crippen LogP contribution < -0.4 is 5.32 Å². The maximum absolute atomic E-state index is 12.0. The summed E-state index contributed by atoms with van der Waals surface area (Å²) in [5.41, 5.74) is 1.05. The molecule has 0 aliphatic heterocycles. The van der Waals surface area contributed by atoms with Gasteiger partial charge in [0.2, 0.25) is 5.91 Å². The molecule has 5 heteroatoms. The molecule has 1 atom stereocenters. The number of carbonyl (C=O) groups excluding carboxylic acids is 2. The molecule has 0 heterocycles. The Balaban J connectivity index is 2.47. The molecule has 0 radical (unpaired) electrons. The van der Waals surface area contributed by atoms with Crippen molar-refractivity contribution in [1.29, 1.82) is 0 Å². The zero-order valence-electron chi connectivity index (χ0n) is 12.3. The van der Waals surface area contributed by atoms with Crippen LogP contribution in [0.1, 0.15) is 25.5 Å². The van der Waals surface area contributed by atoms with Gasteiger partial charge >= 0.3 is 5.97 Å². The van der Waals surface area contributed by atoms with Gasteiger partial charge < -0.3 is 10.1 Å². The minimum absolute atomic E-state index is 0.0551. The van der Waals surface area contributed by atoms with Crippen molar-refractivity contribution in [2.24, 2.45) is 0 Å². The second kappa shape index (κ2) is 8.32. The van der Waals surface area contributed by atoms with Crippen LogP contribution in [0.4, 0.5) is 0 Å². The molecule has 0 aromatic heterocycles. The Bertz CT molecular complexity index is 434. The van der Waals surface area contributed by atoms with Crippen molar-refractivity contribution in [2.45, 2.75) is 19.9 Å². The van der Waals surface area contributed by atoms with E-state index >= 15 is 0 Å². The quantitative estimate of drug-likeness (QED) is 0.765. The number of nitrogens with one attached hydrogen (secondary N) is 1. The first-order valence-corrected chi connectivity index (χ1v) is 6.70. The summed E-state index contributed by atoms with van der Waals surface area (Å²) in [4.78, 5) is 24.9. The molecule has 0 saturated heterocycles. The molecule has 1 N–H and O–H groups in total. The van der Waals surface area contributed by atoms with Crippen LogP contribution in [-0.2, 0) is 14.3 Å². The van der Waals surface area contributed by atoms with Crippen molar-refractivity contribution in [1.82, 2.24) is 10.2 Å². The number of carbonyl (C=O) groups is 2. The van der Waals surface area contributed by atoms with Crippen molar-refractivity contribution in [3.63, 3.8) is 0 Å². The predicted molar refractivity (Wildman–Crippen MR) is 77.1 cm³/mol. The fourth-order valence-corrected chi connectivity index (χ4v) is 1.84. The van der Waals surface area contributed by atoms with Crippen molar-refractivity contribution < 1.29 is 14.3 Å². The van der Waals surface area contributed by atoms with Crippen LogP contribution in [0.15, 0.2) is 30.3 Å². The molecule has 1 aromatic rings. The number of amides is 1. The molecule has 20 heavy (non-hydrogen) atoms. The van der Waals surface area contributed by atoms with Gasteiger partial charge in [-0.15, -0.1) is 0 Å². The Morgan fingerprint density at radius 1 is 1.25 bits per heavy atom. The van der Waals surface area contributed by atoms with E-state index in [0.717, 1.165) is 5.56 Å². The topological polar surface area (TPSA) is 58.6 Å². The first-order valence-electron chi connectivity index (χ1n) is 6.70. The third-order valence-electron chi connectivity index (χ3n) is 3.07. The van der Waals surface area contributed by atoms with Crippen LogP contribution in [-0.4, -0.2) is 43.5 Å². The normalized spacial score (nSPS) is 12.0. The van der Waals surface area contributed by atoms with Gasteiger partial charge in [-0.2, -0.15) is 0 Å². The van der Waals surface area contributed by atoms with Gasteiger partial charge in [-0.1, -0.05) is 37.3 Å². The molecular weight excluding hydrogens is 256 g/mol. The van der Waals surface area contributed by atoms with E-state index in [9.17, 15) is 9.59 Å². The van der Waals surface area contributed by atoms with Crippen LogP contribution in [0, 0.1) is 0 Å². The highest BCUT2D eigenvalue weighted by atomic mass is 16.5. The Hall–Kier alpha value is -1.88. The summed E-state index contributed by atoms with van der Waals surface area (Å²) in [7, 11) is 1.34. The number of rotatable bonds is 7. The largest absolute Gasteiger partial charge is 0.468 e. The number of nitrogens with zero attached hydrogens (tertiary/aromatic N) is 1. The van der Waals surface area contributed by atoms with Gasteiger partial charge in [0.25, 0.3) is 0 Å². The van der Waals surface area contributed by atoms with Gasteiger partial charge in [-0.3, -0.25) is 14.5 Å². The molecule has 1 amide bonds. The highest BCUT2D eigenvalue weighted by molar-refractivity contribution is 5.79. The first kappa shape index (κ1) is 16.2. The minimum atomic E-state index is -0.337. The van der Waals surface area contributed by atoms with Crippen LogP contribution in [0.3, 0.4) is 0 Å². The number of methoxy groups -OCH3 is 1. The van der Waals surface area contributed by atoms with Crippen LogP contribution >= 0.6 is 0 Å². The average Bonchev–Trinajstić information content (AvgIpc) is 2.47. The number of esters is 1. The van der Waals surface area contributed by atoms with Crippen molar-refractivity contribution >= 4 is 11.9 Å². The van der Waals surface area contributed by atoms with Crippen LogP contribution in [0.5, 0.6) is 0 Å². The molecule has 5 nitrogen and oxygen atoms in total. The van der Waals surface area contributed by atoms with Crippen LogP contribution in [0.2, 0.25) is 0 Å². The zero-order chi connectivity index (χ0) is 15.0. The van der Waals surface area contributed by atoms with E-state index in [2.05, 4.69) is 10.1 Å². The summed E-state index contributed by atoms with van der Waals surface area (Å²) in [5.74, 6) is -0.442. The lowest BCUT2D eigenvalue weighted by molar-refractivity contribution is -0.142. The molecule has 0 bridgehead atoms. The predicted octanol–water partition coefficient (Wildman–Crippen LogP) is 1.36. The van der Waals surface area contributed by atoms with Gasteiger partial charge in [0, 0.05) is 0 Å². The van der Waals surface area contributed by atoms with Gasteiger partial charge in [-0.05, 0) is 19.0 Å². The summed E-state index contributed by atoms with van der Waals surface area (Å²) in [6, 6.07) is 9.70. The van der Waals surface area contributed by atoms with Crippen molar-refractivity contribution in [2.75, 3.05) is 26.7 Å². The van der Waals surface area contributed by atoms with Gasteiger partial charge in [0.15, 0.2) is 0 Å². The molecule has 1 unspecified atom stereocenters. The van der Waals surface area contributed by atoms with E-state index in [1.54, 1.807) is 4.90 Å². The number of ether oxygens (including phenoxy) is 1. The lowest BCUT2D eigenvalue weighted by Gasteiger charge is -2.20. The number of likely N-dealkylation sites (N-methyl/N-ethyl adjacent to an activating group) is 1. The van der Waals surface area contributed by atoms with E-state index in [1.807, 2.05) is 44.2 Å². The first-order chi connectivity index (χ1) is 9.56. The lowest BCUT2D eigenvalue weighted by Crippen LogP contribution is -2.40. The van der Waals surface area contributed by atoms with E-state index in [-0.39, 0.29) is 31.0 Å². The van der Waals surface area contributed by atoms with E-state index in [4.69, 9.17) is 0 Å². The van der Waals surface area contributed by atoms with Crippen LogP contribution in [0.25, 0.3) is 0 Å². The zero-order valence-corrected chi connectivity index (χ0v) is 12.3. The Morgan fingerprint density at radius 2 is 1.90 bits per heavy atom. The number of hydrogen-bond acceptors (Lipinski definition) is 4. The average molecular weight is 278 g/mol. The van der Waals surface area contributed by atoms with Crippen molar-refractivity contribution in [3.8, 4) is 0 Å². The second-order valence-corrected chi connectivity index (χ2v) is 4.58. The summed E-state index contributed by atoms with van der Waals surface area (Å²) >= 11 is 0. The third kappa shape index (κ3) is 5.40. The van der Waals surface area contributed by atoms with E-state index in [1.165, 1.54) is 7.11 Å². The molecular formula is C15H22N2O3. The molecule has 0 saturated carbocycles. The van der Waals surface area contributed by atoms with E-state index < -0.39 is 0 Å². The maximum Gasteiger partial charge on any atom is 0.319 e. The number of benzene rings is 1. The summed E-state index contributed by atoms with van der Waals surface area (Å²) in [6.07, 6.45) is 0. The van der Waals surface area contributed by atoms with E-state index in [0.29, 0.717) is 6.54 Å². The third-order valence-corrected chi connectivity index (χ3v) is 3.07. The summed E-state index contributed by atoms with van der Waals surface area (Å²) in [6.45, 7) is 4.76. The Kier molecular flexibility index (Phi) is 6.73. The second-order valence-electron chi connectivity index (χ2n) is 4.58. The van der Waals surface area contributed by atoms with Gasteiger partial charge in [-0.25, -0.2) is 0 Å². The van der Waals surface area contributed by atoms with Gasteiger partial charge in [0.1, 0.15) is 0 Å². The van der Waals surface area contributed by atoms with Gasteiger partial charge in [0.05, 0.1) is 26.2 Å². The highest BCUT2D eigenvalue weighted by Gasteiger charge is 2.15. The minimum Gasteiger partial charge on any atom is -0.468 e. The molecule has 0 aliphatic rings. The lowest BCUT2D eigenvalue weighted by atomic mass is 10.1.